The number of hydrogen-bond acceptors (Lipinski definition) is 4. The van der Waals surface area contributed by atoms with Crippen molar-refractivity contribution in [3.8, 4) is 5.75 Å². The minimum absolute atomic E-state index is 0.171. The molecule has 7 heteroatoms. The summed E-state index contributed by atoms with van der Waals surface area (Å²) in [6.45, 7) is 2.88. The van der Waals surface area contributed by atoms with E-state index in [2.05, 4.69) is 0 Å². The first-order valence-corrected chi connectivity index (χ1v) is 10.4. The van der Waals surface area contributed by atoms with E-state index in [1.54, 1.807) is 41.3 Å². The first kappa shape index (κ1) is 18.7. The van der Waals surface area contributed by atoms with Gasteiger partial charge in [0.25, 0.3) is 5.91 Å². The molecule has 0 bridgehead atoms. The maximum absolute atomic E-state index is 12.8. The first-order valence-electron chi connectivity index (χ1n) is 8.44. The second kappa shape index (κ2) is 7.68. The number of carbonyl (C=O) groups excluding carboxylic acids is 1. The molecule has 1 saturated heterocycles. The lowest BCUT2D eigenvalue weighted by molar-refractivity contribution is 0.0789. The summed E-state index contributed by atoms with van der Waals surface area (Å²) in [5, 5.41) is -0.133. The summed E-state index contributed by atoms with van der Waals surface area (Å²) in [4.78, 5) is 14.6. The predicted molar refractivity (Wildman–Crippen MR) is 101 cm³/mol. The molecule has 0 saturated carbocycles. The van der Waals surface area contributed by atoms with Crippen LogP contribution in [0.1, 0.15) is 23.7 Å². The van der Waals surface area contributed by atoms with Crippen LogP contribution in [-0.4, -0.2) is 44.2 Å². The topological polar surface area (TPSA) is 63.7 Å². The molecule has 138 valence electrons. The van der Waals surface area contributed by atoms with Crippen molar-refractivity contribution in [2.24, 2.45) is 0 Å². The summed E-state index contributed by atoms with van der Waals surface area (Å²) in [5.74, 6) is 0.312. The number of sulfone groups is 1. The molecule has 1 aliphatic rings. The van der Waals surface area contributed by atoms with E-state index in [0.29, 0.717) is 35.9 Å². The second-order valence-corrected chi connectivity index (χ2v) is 8.75. The lowest BCUT2D eigenvalue weighted by Crippen LogP contribution is -2.32. The highest BCUT2D eigenvalue weighted by Gasteiger charge is 2.36. The molecule has 0 aromatic heterocycles. The number of halogens is 1. The van der Waals surface area contributed by atoms with Crippen LogP contribution in [0.15, 0.2) is 53.4 Å². The van der Waals surface area contributed by atoms with Crippen molar-refractivity contribution in [2.75, 3.05) is 19.7 Å². The van der Waals surface area contributed by atoms with Gasteiger partial charge in [0.1, 0.15) is 5.75 Å². The zero-order valence-corrected chi connectivity index (χ0v) is 16.0. The number of benzene rings is 2. The number of nitrogens with zero attached hydrogens (tertiary/aromatic N) is 1. The van der Waals surface area contributed by atoms with Crippen LogP contribution in [0.5, 0.6) is 5.75 Å². The maximum Gasteiger partial charge on any atom is 0.257 e. The quantitative estimate of drug-likeness (QED) is 0.780. The van der Waals surface area contributed by atoms with Crippen LogP contribution in [0.4, 0.5) is 0 Å². The van der Waals surface area contributed by atoms with Crippen LogP contribution in [0.3, 0.4) is 0 Å². The first-order chi connectivity index (χ1) is 12.4. The Morgan fingerprint density at radius 1 is 1.19 bits per heavy atom. The Bertz CT molecular complexity index is 896. The minimum atomic E-state index is -3.51. The molecule has 5 nitrogen and oxygen atoms in total. The third kappa shape index (κ3) is 3.71. The molecule has 2 aromatic rings. The van der Waals surface area contributed by atoms with Gasteiger partial charge in [-0.3, -0.25) is 4.79 Å². The van der Waals surface area contributed by atoms with Crippen molar-refractivity contribution >= 4 is 27.3 Å². The molecule has 1 unspecified atom stereocenters. The van der Waals surface area contributed by atoms with Gasteiger partial charge in [-0.1, -0.05) is 23.7 Å². The van der Waals surface area contributed by atoms with Crippen LogP contribution in [0.25, 0.3) is 0 Å². The van der Waals surface area contributed by atoms with Crippen LogP contribution in [-0.2, 0) is 9.84 Å². The Labute approximate surface area is 158 Å². The zero-order valence-electron chi connectivity index (χ0n) is 14.4. The molecule has 1 aliphatic heterocycles. The highest BCUT2D eigenvalue weighted by molar-refractivity contribution is 7.92. The summed E-state index contributed by atoms with van der Waals surface area (Å²) in [6.07, 6.45) is 0.410. The van der Waals surface area contributed by atoms with Gasteiger partial charge in [0.2, 0.25) is 0 Å². The van der Waals surface area contributed by atoms with Crippen molar-refractivity contribution in [2.45, 2.75) is 23.5 Å². The van der Waals surface area contributed by atoms with Gasteiger partial charge in [-0.05, 0) is 49.7 Å². The largest absolute Gasteiger partial charge is 0.493 e. The summed E-state index contributed by atoms with van der Waals surface area (Å²) in [7, 11) is -3.51. The van der Waals surface area contributed by atoms with E-state index >= 15 is 0 Å². The van der Waals surface area contributed by atoms with Gasteiger partial charge in [0.15, 0.2) is 9.84 Å². The van der Waals surface area contributed by atoms with Gasteiger partial charge in [-0.15, -0.1) is 0 Å². The maximum atomic E-state index is 12.8. The number of ether oxygens (including phenoxy) is 1. The van der Waals surface area contributed by atoms with E-state index in [9.17, 15) is 13.2 Å². The number of amides is 1. The fourth-order valence-corrected chi connectivity index (χ4v) is 4.90. The van der Waals surface area contributed by atoms with Gasteiger partial charge in [-0.2, -0.15) is 0 Å². The van der Waals surface area contributed by atoms with Crippen molar-refractivity contribution in [3.05, 3.63) is 59.1 Å². The Morgan fingerprint density at radius 3 is 2.58 bits per heavy atom. The molecule has 1 amide bonds. The highest BCUT2D eigenvalue weighted by Crippen LogP contribution is 2.27. The number of likely N-dealkylation sites (tertiary alicyclic amines) is 1. The molecular formula is C19H20ClNO4S. The van der Waals surface area contributed by atoms with Crippen LogP contribution in [0, 0.1) is 0 Å². The van der Waals surface area contributed by atoms with Crippen molar-refractivity contribution in [1.29, 1.82) is 0 Å². The summed E-state index contributed by atoms with van der Waals surface area (Å²) in [5.41, 5.74) is 0.457. The third-order valence-corrected chi connectivity index (χ3v) is 6.87. The van der Waals surface area contributed by atoms with E-state index < -0.39 is 15.1 Å². The average molecular weight is 394 g/mol. The lowest BCUT2D eigenvalue weighted by Gasteiger charge is -2.18. The molecule has 26 heavy (non-hydrogen) atoms. The SMILES string of the molecule is CCOc1ccccc1C(=O)N1CCC(S(=O)(=O)c2ccc(Cl)cc2)C1. The number of carbonyl (C=O) groups is 1. The molecule has 0 radical (unpaired) electrons. The Hall–Kier alpha value is -2.05. The summed E-state index contributed by atoms with van der Waals surface area (Å²) < 4.78 is 31.1. The van der Waals surface area contributed by atoms with E-state index in [4.69, 9.17) is 16.3 Å². The summed E-state index contributed by atoms with van der Waals surface area (Å²) in [6, 6.07) is 13.2. The monoisotopic (exact) mass is 393 g/mol. The van der Waals surface area contributed by atoms with Gasteiger partial charge in [0.05, 0.1) is 22.3 Å². The Morgan fingerprint density at radius 2 is 1.88 bits per heavy atom. The Balaban J connectivity index is 1.78. The van der Waals surface area contributed by atoms with E-state index in [1.807, 2.05) is 6.92 Å². The van der Waals surface area contributed by atoms with Gasteiger partial charge < -0.3 is 9.64 Å². The molecule has 3 rings (SSSR count). The predicted octanol–water partition coefficient (Wildman–Crippen LogP) is 3.43. The molecule has 2 aromatic carbocycles. The third-order valence-electron chi connectivity index (χ3n) is 4.43. The summed E-state index contributed by atoms with van der Waals surface area (Å²) >= 11 is 5.83. The van der Waals surface area contributed by atoms with Crippen LogP contribution < -0.4 is 4.74 Å². The van der Waals surface area contributed by atoms with Crippen molar-refractivity contribution in [1.82, 2.24) is 4.90 Å². The number of para-hydroxylation sites is 1. The zero-order chi connectivity index (χ0) is 18.7. The normalized spacial score (nSPS) is 17.3. The molecule has 0 N–H and O–H groups in total. The molecule has 1 heterocycles. The molecule has 0 aliphatic carbocycles. The second-order valence-electron chi connectivity index (χ2n) is 6.09. The Kier molecular flexibility index (Phi) is 5.53. The lowest BCUT2D eigenvalue weighted by atomic mass is 10.2. The molecule has 0 spiro atoms. The average Bonchev–Trinajstić information content (AvgIpc) is 3.13. The smallest absolute Gasteiger partial charge is 0.257 e. The molecule has 1 fully saturated rings. The van der Waals surface area contributed by atoms with E-state index in [-0.39, 0.29) is 17.3 Å². The fraction of sp³-hybridized carbons (Fsp3) is 0.316. The van der Waals surface area contributed by atoms with Gasteiger partial charge in [0, 0.05) is 18.1 Å². The fourth-order valence-electron chi connectivity index (χ4n) is 3.08. The number of hydrogen-bond donors (Lipinski definition) is 0. The van der Waals surface area contributed by atoms with Crippen molar-refractivity contribution in [3.63, 3.8) is 0 Å². The standard InChI is InChI=1S/C19H20ClNO4S/c1-2-25-18-6-4-3-5-17(18)19(22)21-12-11-16(13-21)26(23,24)15-9-7-14(20)8-10-15/h3-10,16H,2,11-13H2,1H3. The van der Waals surface area contributed by atoms with E-state index in [1.165, 1.54) is 12.1 Å². The highest BCUT2D eigenvalue weighted by atomic mass is 35.5. The van der Waals surface area contributed by atoms with Crippen LogP contribution in [0.2, 0.25) is 5.02 Å². The van der Waals surface area contributed by atoms with Crippen LogP contribution >= 0.6 is 11.6 Å². The van der Waals surface area contributed by atoms with Gasteiger partial charge in [-0.25, -0.2) is 8.42 Å². The molecule has 1 atom stereocenters. The molecular weight excluding hydrogens is 374 g/mol. The number of rotatable bonds is 5. The van der Waals surface area contributed by atoms with Gasteiger partial charge >= 0.3 is 0 Å². The van der Waals surface area contributed by atoms with E-state index in [0.717, 1.165) is 0 Å². The minimum Gasteiger partial charge on any atom is -0.493 e. The van der Waals surface area contributed by atoms with Crippen molar-refractivity contribution < 1.29 is 17.9 Å².